The fraction of sp³-hybridized carbons (Fsp3) is 0.583. The molecule has 1 atom stereocenters. The Hall–Kier alpha value is -2.41. The Morgan fingerprint density at radius 2 is 1.97 bits per heavy atom. The highest BCUT2D eigenvalue weighted by Crippen LogP contribution is 2.36. The third-order valence-corrected chi connectivity index (χ3v) is 6.63. The normalized spacial score (nSPS) is 18.4. The maximum Gasteiger partial charge on any atom is 0.233 e. The van der Waals surface area contributed by atoms with Crippen molar-refractivity contribution in [1.82, 2.24) is 10.1 Å². The number of carbonyl (C=O) groups excluding carboxylic acids is 1. The first kappa shape index (κ1) is 21.8. The molecule has 1 aromatic carbocycles. The summed E-state index contributed by atoms with van der Waals surface area (Å²) in [5.41, 5.74) is 1.66. The number of hydrogen-bond acceptors (Lipinski definition) is 5. The number of anilines is 1. The van der Waals surface area contributed by atoms with Crippen LogP contribution in [0.3, 0.4) is 0 Å². The standard InChI is InChI=1S/C24H32FN3O3/c1-3-17(2)28(23(29)18-8-4-5-9-18)16-20-22(19-10-6-7-11-21(19)25)26-31-24(20)27-12-14-30-15-13-27/h6-7,10-11,17-18H,3-5,8-9,12-16H2,1-2H3/t17-/m0/s1. The molecule has 0 spiro atoms. The Kier molecular flexibility index (Phi) is 6.90. The van der Waals surface area contributed by atoms with Gasteiger partial charge in [0.15, 0.2) is 0 Å². The van der Waals surface area contributed by atoms with Crippen LogP contribution >= 0.6 is 0 Å². The number of nitrogens with zero attached hydrogens (tertiary/aromatic N) is 3. The van der Waals surface area contributed by atoms with Crippen LogP contribution in [-0.2, 0) is 16.1 Å². The van der Waals surface area contributed by atoms with E-state index in [-0.39, 0.29) is 23.7 Å². The summed E-state index contributed by atoms with van der Waals surface area (Å²) in [6.07, 6.45) is 4.97. The van der Waals surface area contributed by atoms with Crippen LogP contribution in [0.5, 0.6) is 0 Å². The molecule has 1 aromatic heterocycles. The lowest BCUT2D eigenvalue weighted by molar-refractivity contribution is -0.138. The third-order valence-electron chi connectivity index (χ3n) is 6.63. The Morgan fingerprint density at radius 1 is 1.26 bits per heavy atom. The smallest absolute Gasteiger partial charge is 0.233 e. The van der Waals surface area contributed by atoms with Gasteiger partial charge in [-0.15, -0.1) is 0 Å². The first-order valence-electron chi connectivity index (χ1n) is 11.5. The van der Waals surface area contributed by atoms with Crippen LogP contribution in [0.1, 0.15) is 51.5 Å². The second kappa shape index (κ2) is 9.81. The number of rotatable bonds is 7. The van der Waals surface area contributed by atoms with Gasteiger partial charge >= 0.3 is 0 Å². The van der Waals surface area contributed by atoms with Crippen molar-refractivity contribution in [3.8, 4) is 11.3 Å². The molecular formula is C24H32FN3O3. The maximum absolute atomic E-state index is 14.7. The lowest BCUT2D eigenvalue weighted by Gasteiger charge is -2.32. The van der Waals surface area contributed by atoms with E-state index in [1.54, 1.807) is 18.2 Å². The summed E-state index contributed by atoms with van der Waals surface area (Å²) in [6.45, 7) is 7.10. The van der Waals surface area contributed by atoms with Crippen molar-refractivity contribution in [1.29, 1.82) is 0 Å². The lowest BCUT2D eigenvalue weighted by Crippen LogP contribution is -2.42. The molecule has 2 fully saturated rings. The molecule has 0 N–H and O–H groups in total. The molecule has 1 aliphatic carbocycles. The van der Waals surface area contributed by atoms with Gasteiger partial charge in [-0.1, -0.05) is 37.1 Å². The van der Waals surface area contributed by atoms with Crippen LogP contribution in [0.25, 0.3) is 11.3 Å². The van der Waals surface area contributed by atoms with E-state index in [9.17, 15) is 9.18 Å². The predicted molar refractivity (Wildman–Crippen MR) is 117 cm³/mol. The van der Waals surface area contributed by atoms with E-state index in [0.717, 1.165) is 37.7 Å². The van der Waals surface area contributed by atoms with Gasteiger partial charge in [0.2, 0.25) is 11.8 Å². The highest BCUT2D eigenvalue weighted by atomic mass is 19.1. The molecule has 1 aliphatic heterocycles. The molecule has 0 unspecified atom stereocenters. The number of halogens is 1. The molecule has 168 valence electrons. The highest BCUT2D eigenvalue weighted by molar-refractivity contribution is 5.80. The average molecular weight is 430 g/mol. The van der Waals surface area contributed by atoms with E-state index in [0.29, 0.717) is 50.0 Å². The fourth-order valence-electron chi connectivity index (χ4n) is 4.57. The average Bonchev–Trinajstić information content (AvgIpc) is 3.48. The summed E-state index contributed by atoms with van der Waals surface area (Å²) in [4.78, 5) is 17.5. The van der Waals surface area contributed by atoms with Crippen LogP contribution < -0.4 is 4.90 Å². The van der Waals surface area contributed by atoms with Crippen LogP contribution in [0.2, 0.25) is 0 Å². The largest absolute Gasteiger partial charge is 0.378 e. The van der Waals surface area contributed by atoms with Gasteiger partial charge in [-0.25, -0.2) is 4.39 Å². The molecule has 0 radical (unpaired) electrons. The van der Waals surface area contributed by atoms with E-state index in [4.69, 9.17) is 9.26 Å². The number of aromatic nitrogens is 1. The van der Waals surface area contributed by atoms with E-state index in [1.165, 1.54) is 6.07 Å². The van der Waals surface area contributed by atoms with Crippen molar-refractivity contribution in [3.63, 3.8) is 0 Å². The van der Waals surface area contributed by atoms with Crippen molar-refractivity contribution < 1.29 is 18.4 Å². The van der Waals surface area contributed by atoms with Gasteiger partial charge in [-0.05, 0) is 38.3 Å². The molecule has 2 heterocycles. The Bertz CT molecular complexity index is 888. The van der Waals surface area contributed by atoms with Crippen molar-refractivity contribution in [2.45, 2.75) is 58.5 Å². The van der Waals surface area contributed by atoms with Crippen molar-refractivity contribution in [2.75, 3.05) is 31.2 Å². The maximum atomic E-state index is 14.7. The monoisotopic (exact) mass is 429 g/mol. The van der Waals surface area contributed by atoms with E-state index in [1.807, 2.05) is 4.90 Å². The topological polar surface area (TPSA) is 58.8 Å². The van der Waals surface area contributed by atoms with Gasteiger partial charge in [0.05, 0.1) is 25.3 Å². The zero-order valence-electron chi connectivity index (χ0n) is 18.5. The van der Waals surface area contributed by atoms with Gasteiger partial charge in [-0.3, -0.25) is 4.79 Å². The number of benzene rings is 1. The van der Waals surface area contributed by atoms with Gasteiger partial charge in [0, 0.05) is 30.6 Å². The highest BCUT2D eigenvalue weighted by Gasteiger charge is 2.33. The van der Waals surface area contributed by atoms with Gasteiger partial charge < -0.3 is 19.1 Å². The van der Waals surface area contributed by atoms with E-state index < -0.39 is 0 Å². The van der Waals surface area contributed by atoms with Gasteiger partial charge in [-0.2, -0.15) is 0 Å². The molecule has 1 amide bonds. The molecule has 0 bridgehead atoms. The van der Waals surface area contributed by atoms with Gasteiger partial charge in [0.25, 0.3) is 0 Å². The molecule has 1 saturated carbocycles. The Morgan fingerprint density at radius 3 is 2.65 bits per heavy atom. The molecule has 4 rings (SSSR count). The van der Waals surface area contributed by atoms with Gasteiger partial charge in [0.1, 0.15) is 11.5 Å². The van der Waals surface area contributed by atoms with Crippen molar-refractivity contribution in [2.24, 2.45) is 5.92 Å². The molecule has 2 aromatic rings. The molecule has 1 saturated heterocycles. The number of hydrogen-bond donors (Lipinski definition) is 0. The minimum absolute atomic E-state index is 0.0778. The minimum Gasteiger partial charge on any atom is -0.378 e. The zero-order valence-corrected chi connectivity index (χ0v) is 18.5. The summed E-state index contributed by atoms with van der Waals surface area (Å²) < 4.78 is 25.9. The second-order valence-corrected chi connectivity index (χ2v) is 8.60. The molecule has 7 heteroatoms. The quantitative estimate of drug-likeness (QED) is 0.642. The Balaban J connectivity index is 1.73. The summed E-state index contributed by atoms with van der Waals surface area (Å²) in [6, 6.07) is 6.68. The number of carbonyl (C=O) groups is 1. The summed E-state index contributed by atoms with van der Waals surface area (Å²) in [5, 5.41) is 4.28. The fourth-order valence-corrected chi connectivity index (χ4v) is 4.57. The number of morpholine rings is 1. The summed E-state index contributed by atoms with van der Waals surface area (Å²) >= 11 is 0. The zero-order chi connectivity index (χ0) is 21.8. The summed E-state index contributed by atoms with van der Waals surface area (Å²) in [5.74, 6) is 0.551. The third kappa shape index (κ3) is 4.61. The number of amides is 1. The van der Waals surface area contributed by atoms with Crippen LogP contribution in [0.15, 0.2) is 28.8 Å². The van der Waals surface area contributed by atoms with Crippen LogP contribution in [-0.4, -0.2) is 48.3 Å². The van der Waals surface area contributed by atoms with Crippen molar-refractivity contribution in [3.05, 3.63) is 35.6 Å². The van der Waals surface area contributed by atoms with E-state index >= 15 is 0 Å². The Labute approximate surface area is 183 Å². The minimum atomic E-state index is -0.345. The second-order valence-electron chi connectivity index (χ2n) is 8.60. The van der Waals surface area contributed by atoms with E-state index in [2.05, 4.69) is 23.9 Å². The molecular weight excluding hydrogens is 397 g/mol. The number of ether oxygens (including phenoxy) is 1. The first-order chi connectivity index (χ1) is 15.1. The SMILES string of the molecule is CC[C@H](C)N(Cc1c(-c2ccccc2F)noc1N1CCOCC1)C(=O)C1CCCC1. The van der Waals surface area contributed by atoms with Crippen LogP contribution in [0, 0.1) is 11.7 Å². The predicted octanol–water partition coefficient (Wildman–Crippen LogP) is 4.63. The lowest BCUT2D eigenvalue weighted by atomic mass is 10.0. The van der Waals surface area contributed by atoms with Crippen molar-refractivity contribution >= 4 is 11.8 Å². The first-order valence-corrected chi connectivity index (χ1v) is 11.5. The van der Waals surface area contributed by atoms with Crippen LogP contribution in [0.4, 0.5) is 10.3 Å². The summed E-state index contributed by atoms with van der Waals surface area (Å²) in [7, 11) is 0. The molecule has 6 nitrogen and oxygen atoms in total. The molecule has 2 aliphatic rings. The molecule has 31 heavy (non-hydrogen) atoms.